The average Bonchev–Trinajstić information content (AvgIpc) is 4.04. The van der Waals surface area contributed by atoms with Crippen LogP contribution in [0.5, 0.6) is 0 Å². The van der Waals surface area contributed by atoms with Crippen molar-refractivity contribution in [3.05, 3.63) is 242 Å². The van der Waals surface area contributed by atoms with Gasteiger partial charge in [0.05, 0.1) is 16.8 Å². The largest absolute Gasteiger partial charge is 0.455 e. The lowest BCUT2D eigenvalue weighted by molar-refractivity contribution is 0.651. The zero-order valence-corrected chi connectivity index (χ0v) is 37.2. The van der Waals surface area contributed by atoms with E-state index in [4.69, 9.17) is 8.83 Å². The number of furan rings is 2. The first-order valence-electron chi connectivity index (χ1n) is 23.0. The topological polar surface area (TPSA) is 32.8 Å². The average molecular weight is 861 g/mol. The summed E-state index contributed by atoms with van der Waals surface area (Å²) in [6.45, 7) is 4.74. The molecule has 0 radical (unpaired) electrons. The number of hydrogen-bond donors (Lipinski definition) is 0. The van der Waals surface area contributed by atoms with Gasteiger partial charge < -0.3 is 18.6 Å². The molecule has 0 saturated carbocycles. The first kappa shape index (κ1) is 38.8. The van der Waals surface area contributed by atoms with E-state index in [0.717, 1.165) is 89.1 Å². The van der Waals surface area contributed by atoms with E-state index in [0.29, 0.717) is 0 Å². The van der Waals surface area contributed by atoms with Crippen molar-refractivity contribution in [1.82, 2.24) is 0 Å². The molecule has 0 N–H and O–H groups in total. The van der Waals surface area contributed by atoms with Crippen molar-refractivity contribution in [2.24, 2.45) is 0 Å². The van der Waals surface area contributed by atoms with Gasteiger partial charge in [-0.3, -0.25) is 0 Å². The van der Waals surface area contributed by atoms with E-state index in [1.165, 1.54) is 33.4 Å². The normalized spacial score (nSPS) is 12.7. The van der Waals surface area contributed by atoms with Crippen molar-refractivity contribution in [2.45, 2.75) is 19.3 Å². The van der Waals surface area contributed by atoms with E-state index in [1.54, 1.807) is 0 Å². The van der Waals surface area contributed by atoms with Gasteiger partial charge in [0.15, 0.2) is 5.58 Å². The van der Waals surface area contributed by atoms with Gasteiger partial charge in [0, 0.05) is 55.5 Å². The predicted molar refractivity (Wildman–Crippen MR) is 279 cm³/mol. The fourth-order valence-corrected chi connectivity index (χ4v) is 10.6. The van der Waals surface area contributed by atoms with Crippen LogP contribution in [0.15, 0.2) is 239 Å². The number of hydrogen-bond acceptors (Lipinski definition) is 4. The van der Waals surface area contributed by atoms with Crippen LogP contribution < -0.4 is 9.80 Å². The van der Waals surface area contributed by atoms with Gasteiger partial charge in [-0.25, -0.2) is 0 Å². The Morgan fingerprint density at radius 1 is 0.328 bits per heavy atom. The van der Waals surface area contributed by atoms with Crippen LogP contribution in [0.3, 0.4) is 0 Å². The summed E-state index contributed by atoms with van der Waals surface area (Å²) >= 11 is 0. The fraction of sp³-hybridized carbons (Fsp3) is 0.0476. The van der Waals surface area contributed by atoms with E-state index in [1.807, 2.05) is 0 Å². The molecule has 0 amide bonds. The summed E-state index contributed by atoms with van der Waals surface area (Å²) in [5.74, 6) is 0. The maximum atomic E-state index is 7.22. The number of nitrogens with zero attached hydrogens (tertiary/aromatic N) is 2. The first-order valence-corrected chi connectivity index (χ1v) is 23.0. The second kappa shape index (κ2) is 15.3. The number of para-hydroxylation sites is 4. The third-order valence-electron chi connectivity index (χ3n) is 13.8. The van der Waals surface area contributed by atoms with Crippen LogP contribution in [0.1, 0.15) is 25.0 Å². The van der Waals surface area contributed by atoms with Crippen LogP contribution in [0.4, 0.5) is 34.1 Å². The van der Waals surface area contributed by atoms with E-state index < -0.39 is 5.41 Å². The van der Waals surface area contributed by atoms with Crippen molar-refractivity contribution in [1.29, 1.82) is 0 Å². The molecule has 0 aliphatic heterocycles. The fourth-order valence-electron chi connectivity index (χ4n) is 10.6. The summed E-state index contributed by atoms with van der Waals surface area (Å²) in [5.41, 5.74) is 18.6. The van der Waals surface area contributed by atoms with Crippen molar-refractivity contribution in [2.75, 3.05) is 9.80 Å². The minimum Gasteiger partial charge on any atom is -0.455 e. The molecule has 0 saturated heterocycles. The standard InChI is InChI=1S/C63H44N2O2/c1-63(2)51-40-54(65(46-25-13-6-14-26-46)48-37-33-44(34-38-48)42-21-9-4-10-22-42)61-58(50-28-16-18-30-56(50)66-61)59(51)60-52(63)39-53(57-49-27-15-17-29-55(49)67-62(57)60)64(45-23-11-5-12-24-45)47-35-31-43(32-36-47)41-19-7-3-8-20-41/h3-40H,1-2H3. The third-order valence-corrected chi connectivity index (χ3v) is 13.8. The number of fused-ring (bicyclic) bond motifs is 11. The maximum absolute atomic E-state index is 7.22. The van der Waals surface area contributed by atoms with E-state index in [2.05, 4.69) is 254 Å². The molecule has 2 heterocycles. The van der Waals surface area contributed by atoms with Crippen LogP contribution in [0, 0.1) is 0 Å². The molecule has 0 fully saturated rings. The molecule has 2 aromatic heterocycles. The van der Waals surface area contributed by atoms with Crippen molar-refractivity contribution in [3.63, 3.8) is 0 Å². The van der Waals surface area contributed by atoms with Crippen LogP contribution >= 0.6 is 0 Å². The molecule has 12 aromatic rings. The number of benzene rings is 10. The maximum Gasteiger partial charge on any atom is 0.160 e. The Morgan fingerprint density at radius 3 is 1.22 bits per heavy atom. The van der Waals surface area contributed by atoms with Gasteiger partial charge >= 0.3 is 0 Å². The van der Waals surface area contributed by atoms with Crippen molar-refractivity contribution in [3.8, 4) is 33.4 Å². The van der Waals surface area contributed by atoms with Crippen molar-refractivity contribution >= 4 is 78.0 Å². The van der Waals surface area contributed by atoms with Gasteiger partial charge in [0.25, 0.3) is 0 Å². The SMILES string of the molecule is CC1(C)c2cc(N(c3ccccc3)c3ccc(-c4ccccc4)cc3)c3c(oc4ccccc43)c2-c2c1cc(N(c1ccccc1)c1ccc(-c3ccccc3)cc1)c1oc3ccccc3c21. The second-order valence-electron chi connectivity index (χ2n) is 18.0. The molecule has 0 bridgehead atoms. The Bertz CT molecular complexity index is 3800. The molecule has 0 spiro atoms. The molecule has 4 heteroatoms. The van der Waals surface area contributed by atoms with Gasteiger partial charge in [-0.2, -0.15) is 0 Å². The van der Waals surface area contributed by atoms with Gasteiger partial charge in [-0.05, 0) is 106 Å². The molecule has 13 rings (SSSR count). The predicted octanol–water partition coefficient (Wildman–Crippen LogP) is 18.1. The summed E-state index contributed by atoms with van der Waals surface area (Å²) in [5, 5.41) is 4.30. The third kappa shape index (κ3) is 6.14. The summed E-state index contributed by atoms with van der Waals surface area (Å²) in [6, 6.07) is 82.2. The lowest BCUT2D eigenvalue weighted by Crippen LogP contribution is -2.18. The molecular weight excluding hydrogens is 817 g/mol. The summed E-state index contributed by atoms with van der Waals surface area (Å²) in [4.78, 5) is 4.76. The quantitative estimate of drug-likeness (QED) is 0.152. The Kier molecular flexibility index (Phi) is 8.84. The molecule has 0 unspecified atom stereocenters. The molecular formula is C63H44N2O2. The number of anilines is 6. The zero-order chi connectivity index (χ0) is 44.6. The highest BCUT2D eigenvalue weighted by Crippen LogP contribution is 2.60. The Balaban J connectivity index is 1.09. The molecule has 10 aromatic carbocycles. The van der Waals surface area contributed by atoms with Gasteiger partial charge in [0.2, 0.25) is 0 Å². The minimum absolute atomic E-state index is 0.465. The first-order chi connectivity index (χ1) is 33.0. The summed E-state index contributed by atoms with van der Waals surface area (Å²) < 4.78 is 14.3. The molecule has 1 aliphatic carbocycles. The Hall–Kier alpha value is -8.60. The summed E-state index contributed by atoms with van der Waals surface area (Å²) in [6.07, 6.45) is 0. The highest BCUT2D eigenvalue weighted by Gasteiger charge is 2.43. The Morgan fingerprint density at radius 2 is 0.701 bits per heavy atom. The highest BCUT2D eigenvalue weighted by molar-refractivity contribution is 6.25. The van der Waals surface area contributed by atoms with Crippen LogP contribution in [-0.4, -0.2) is 0 Å². The lowest BCUT2D eigenvalue weighted by Gasteiger charge is -2.29. The molecule has 67 heavy (non-hydrogen) atoms. The molecule has 4 nitrogen and oxygen atoms in total. The van der Waals surface area contributed by atoms with Gasteiger partial charge in [0.1, 0.15) is 16.7 Å². The van der Waals surface area contributed by atoms with E-state index in [-0.39, 0.29) is 0 Å². The van der Waals surface area contributed by atoms with Crippen LogP contribution in [0.2, 0.25) is 0 Å². The van der Waals surface area contributed by atoms with Gasteiger partial charge in [-0.15, -0.1) is 0 Å². The van der Waals surface area contributed by atoms with E-state index in [9.17, 15) is 0 Å². The molecule has 318 valence electrons. The summed E-state index contributed by atoms with van der Waals surface area (Å²) in [7, 11) is 0. The molecule has 1 aliphatic rings. The molecule has 0 atom stereocenters. The van der Waals surface area contributed by atoms with Crippen molar-refractivity contribution < 1.29 is 8.83 Å². The minimum atomic E-state index is -0.465. The van der Waals surface area contributed by atoms with E-state index >= 15 is 0 Å². The highest BCUT2D eigenvalue weighted by atomic mass is 16.3. The lowest BCUT2D eigenvalue weighted by atomic mass is 9.81. The zero-order valence-electron chi connectivity index (χ0n) is 37.2. The van der Waals surface area contributed by atoms with Gasteiger partial charge in [-0.1, -0.05) is 172 Å². The van der Waals surface area contributed by atoms with Crippen LogP contribution in [0.25, 0.3) is 77.3 Å². The monoisotopic (exact) mass is 860 g/mol. The smallest absolute Gasteiger partial charge is 0.160 e. The Labute approximate surface area is 389 Å². The number of rotatable bonds is 8. The van der Waals surface area contributed by atoms with Crippen LogP contribution in [-0.2, 0) is 5.41 Å². The second-order valence-corrected chi connectivity index (χ2v) is 18.0.